The fraction of sp³-hybridized carbons (Fsp3) is 0.258. The molecule has 0 saturated carbocycles. The van der Waals surface area contributed by atoms with Crippen molar-refractivity contribution in [2.45, 2.75) is 32.9 Å². The normalized spacial score (nSPS) is 13.9. The molecule has 1 amide bonds. The number of amides is 1. The molecule has 1 aliphatic heterocycles. The number of benzene rings is 2. The summed E-state index contributed by atoms with van der Waals surface area (Å²) in [6.07, 6.45) is 2.99. The zero-order chi connectivity index (χ0) is 29.6. The van der Waals surface area contributed by atoms with Crippen molar-refractivity contribution in [2.75, 3.05) is 25.7 Å². The molecule has 0 aliphatic carbocycles. The third-order valence-electron chi connectivity index (χ3n) is 7.05. The molecule has 2 aromatic carbocycles. The Morgan fingerprint density at radius 1 is 1.12 bits per heavy atom. The number of aryl methyl sites for hydroxylation is 1. The van der Waals surface area contributed by atoms with Crippen molar-refractivity contribution >= 4 is 45.7 Å². The van der Waals surface area contributed by atoms with Gasteiger partial charge in [0.15, 0.2) is 0 Å². The lowest BCUT2D eigenvalue weighted by molar-refractivity contribution is -0.115. The van der Waals surface area contributed by atoms with E-state index in [0.29, 0.717) is 63.7 Å². The molecule has 3 heterocycles. The summed E-state index contributed by atoms with van der Waals surface area (Å²) in [5.41, 5.74) is 2.50. The Morgan fingerprint density at radius 2 is 1.80 bits per heavy atom. The van der Waals surface area contributed by atoms with Crippen LogP contribution in [-0.4, -0.2) is 41.8 Å². The molecule has 41 heavy (non-hydrogen) atoms. The summed E-state index contributed by atoms with van der Waals surface area (Å²) in [5.74, 6) is 1.05. The molecule has 2 aromatic heterocycles. The number of hydrogen-bond donors (Lipinski definition) is 0. The summed E-state index contributed by atoms with van der Waals surface area (Å²) in [6, 6.07) is 10.7. The van der Waals surface area contributed by atoms with Gasteiger partial charge in [-0.1, -0.05) is 29.8 Å². The first-order valence-electron chi connectivity index (χ1n) is 12.9. The van der Waals surface area contributed by atoms with E-state index in [1.807, 2.05) is 45.0 Å². The number of halogens is 2. The summed E-state index contributed by atoms with van der Waals surface area (Å²) in [6.45, 7) is 10.2. The topological polar surface area (TPSA) is 82.9 Å². The number of ether oxygens (including phenoxy) is 3. The highest BCUT2D eigenvalue weighted by molar-refractivity contribution is 6.41. The van der Waals surface area contributed by atoms with E-state index in [1.165, 1.54) is 20.3 Å². The number of nitrogens with zero attached hydrogens (tertiary/aromatic N) is 3. The zero-order valence-electron chi connectivity index (χ0n) is 23.4. The van der Waals surface area contributed by atoms with Crippen molar-refractivity contribution in [2.24, 2.45) is 0 Å². The van der Waals surface area contributed by atoms with Crippen LogP contribution in [0.1, 0.15) is 20.8 Å². The fourth-order valence-corrected chi connectivity index (χ4v) is 5.83. The maximum absolute atomic E-state index is 13.8. The first-order chi connectivity index (χ1) is 19.5. The van der Waals surface area contributed by atoms with Crippen molar-refractivity contribution < 1.29 is 19.0 Å². The molecule has 0 unspecified atom stereocenters. The van der Waals surface area contributed by atoms with Gasteiger partial charge in [0.2, 0.25) is 0 Å². The second-order valence-corrected chi connectivity index (χ2v) is 10.9. The SMILES string of the molecule is C=CC(=O)N1CC(C)(C)Oc2ccc(-c3cc4c(cn3)cc(-c3c(Cl)c(OC)cc(OC)c3Cl)c(=O)n4CC)cc21. The van der Waals surface area contributed by atoms with Crippen LogP contribution in [-0.2, 0) is 11.3 Å². The molecule has 212 valence electrons. The van der Waals surface area contributed by atoms with E-state index >= 15 is 0 Å². The molecule has 0 spiro atoms. The van der Waals surface area contributed by atoms with Crippen LogP contribution in [0.3, 0.4) is 0 Å². The average Bonchev–Trinajstić information content (AvgIpc) is 2.96. The smallest absolute Gasteiger partial charge is 0.259 e. The molecule has 0 saturated heterocycles. The van der Waals surface area contributed by atoms with Crippen molar-refractivity contribution in [3.05, 3.63) is 75.6 Å². The van der Waals surface area contributed by atoms with Crippen LogP contribution >= 0.6 is 23.2 Å². The second kappa shape index (κ2) is 10.8. The third kappa shape index (κ3) is 4.91. The van der Waals surface area contributed by atoms with E-state index in [1.54, 1.807) is 27.8 Å². The quantitative estimate of drug-likeness (QED) is 0.229. The number of rotatable bonds is 6. The Labute approximate surface area is 247 Å². The minimum atomic E-state index is -0.554. The van der Waals surface area contributed by atoms with Crippen LogP contribution in [0.5, 0.6) is 17.2 Å². The Morgan fingerprint density at radius 3 is 2.41 bits per heavy atom. The van der Waals surface area contributed by atoms with E-state index in [-0.39, 0.29) is 21.5 Å². The molecular weight excluding hydrogens is 565 g/mol. The highest BCUT2D eigenvalue weighted by Gasteiger charge is 2.34. The van der Waals surface area contributed by atoms with Crippen molar-refractivity contribution in [1.29, 1.82) is 0 Å². The molecule has 0 atom stereocenters. The first-order valence-corrected chi connectivity index (χ1v) is 13.7. The highest BCUT2D eigenvalue weighted by atomic mass is 35.5. The van der Waals surface area contributed by atoms with E-state index in [9.17, 15) is 9.59 Å². The summed E-state index contributed by atoms with van der Waals surface area (Å²) >= 11 is 13.3. The van der Waals surface area contributed by atoms with Gasteiger partial charge in [-0.05, 0) is 57.2 Å². The van der Waals surface area contributed by atoms with Gasteiger partial charge >= 0.3 is 0 Å². The Kier molecular flexibility index (Phi) is 7.48. The standard InChI is InChI=1S/C31H29Cl2N3O5/c1-7-26(37)36-16-31(3,4)41-23-10-9-17(12-22(23)36)20-13-21-18(15-34-20)11-19(30(38)35(21)8-2)27-28(32)24(39-5)14-25(40-6)29(27)33/h7,9-15H,1,8,16H2,2-6H3. The number of methoxy groups -OCH3 is 2. The van der Waals surface area contributed by atoms with Crippen LogP contribution in [0.4, 0.5) is 5.69 Å². The summed E-state index contributed by atoms with van der Waals surface area (Å²) < 4.78 is 18.6. The molecule has 0 N–H and O–H groups in total. The van der Waals surface area contributed by atoms with Gasteiger partial charge in [-0.2, -0.15) is 0 Å². The molecule has 8 nitrogen and oxygen atoms in total. The Bertz CT molecular complexity index is 1750. The monoisotopic (exact) mass is 593 g/mol. The zero-order valence-corrected chi connectivity index (χ0v) is 24.9. The lowest BCUT2D eigenvalue weighted by Crippen LogP contribution is -2.48. The summed E-state index contributed by atoms with van der Waals surface area (Å²) in [4.78, 5) is 32.9. The van der Waals surface area contributed by atoms with Crippen LogP contribution in [0.15, 0.2) is 60.0 Å². The molecule has 0 fully saturated rings. The third-order valence-corrected chi connectivity index (χ3v) is 7.80. The number of aromatic nitrogens is 2. The minimum absolute atomic E-state index is 0.208. The predicted molar refractivity (Wildman–Crippen MR) is 163 cm³/mol. The first kappa shape index (κ1) is 28.5. The van der Waals surface area contributed by atoms with Gasteiger partial charge in [0.1, 0.15) is 22.8 Å². The molecule has 4 aromatic rings. The largest absolute Gasteiger partial charge is 0.495 e. The van der Waals surface area contributed by atoms with Gasteiger partial charge in [-0.15, -0.1) is 0 Å². The number of carbonyl (C=O) groups excluding carboxylic acids is 1. The fourth-order valence-electron chi connectivity index (χ4n) is 5.12. The van der Waals surface area contributed by atoms with Crippen molar-refractivity contribution in [3.63, 3.8) is 0 Å². The molecule has 1 aliphatic rings. The lowest BCUT2D eigenvalue weighted by Gasteiger charge is -2.39. The maximum atomic E-state index is 13.8. The van der Waals surface area contributed by atoms with Crippen LogP contribution < -0.4 is 24.7 Å². The number of hydrogen-bond acceptors (Lipinski definition) is 6. The summed E-state index contributed by atoms with van der Waals surface area (Å²) in [7, 11) is 2.96. The average molecular weight is 594 g/mol. The van der Waals surface area contributed by atoms with Gasteiger partial charge in [-0.25, -0.2) is 0 Å². The molecular formula is C31H29Cl2N3O5. The van der Waals surface area contributed by atoms with Gasteiger partial charge < -0.3 is 23.7 Å². The number of pyridine rings is 2. The predicted octanol–water partition coefficient (Wildman–Crippen LogP) is 6.76. The van der Waals surface area contributed by atoms with Gasteiger partial charge in [0.25, 0.3) is 11.5 Å². The second-order valence-electron chi connectivity index (χ2n) is 10.2. The van der Waals surface area contributed by atoms with E-state index in [4.69, 9.17) is 42.4 Å². The lowest BCUT2D eigenvalue weighted by atomic mass is 10.0. The van der Waals surface area contributed by atoms with Crippen molar-refractivity contribution in [1.82, 2.24) is 9.55 Å². The number of anilines is 1. The maximum Gasteiger partial charge on any atom is 0.259 e. The molecule has 5 rings (SSSR count). The van der Waals surface area contributed by atoms with Gasteiger partial charge in [-0.3, -0.25) is 14.6 Å². The van der Waals surface area contributed by atoms with E-state index in [0.717, 1.165) is 5.56 Å². The van der Waals surface area contributed by atoms with Crippen LogP contribution in [0, 0.1) is 0 Å². The number of carbonyl (C=O) groups is 1. The Balaban J connectivity index is 1.68. The molecule has 0 bridgehead atoms. The Hall–Kier alpha value is -4.01. The number of fused-ring (bicyclic) bond motifs is 2. The van der Waals surface area contributed by atoms with Gasteiger partial charge in [0, 0.05) is 35.3 Å². The van der Waals surface area contributed by atoms with E-state index < -0.39 is 5.60 Å². The summed E-state index contributed by atoms with van der Waals surface area (Å²) in [5, 5.41) is 1.13. The molecule has 0 radical (unpaired) electrons. The van der Waals surface area contributed by atoms with Crippen LogP contribution in [0.25, 0.3) is 33.3 Å². The van der Waals surface area contributed by atoms with E-state index in [2.05, 4.69) is 6.58 Å². The minimum Gasteiger partial charge on any atom is -0.495 e. The highest BCUT2D eigenvalue weighted by Crippen LogP contribution is 2.46. The van der Waals surface area contributed by atoms with Crippen LogP contribution in [0.2, 0.25) is 10.0 Å². The van der Waals surface area contributed by atoms with Gasteiger partial charge in [0.05, 0.1) is 53.3 Å². The molecule has 10 heteroatoms. The van der Waals surface area contributed by atoms with Crippen molar-refractivity contribution in [3.8, 4) is 39.6 Å².